The van der Waals surface area contributed by atoms with Gasteiger partial charge in [0.05, 0.1) is 25.7 Å². The van der Waals surface area contributed by atoms with E-state index in [9.17, 15) is 28.1 Å². The molecular weight excluding hydrogens is 469 g/mol. The first-order chi connectivity index (χ1) is 16.2. The second-order valence-corrected chi connectivity index (χ2v) is 9.30. The number of amides is 1. The number of hydrogen-bond acceptors (Lipinski definition) is 6. The Morgan fingerprint density at radius 3 is 2.62 bits per heavy atom. The second-order valence-electron chi connectivity index (χ2n) is 8.19. The number of anilines is 1. The normalized spacial score (nSPS) is 15.0. The average Bonchev–Trinajstić information content (AvgIpc) is 3.24. The van der Waals surface area contributed by atoms with E-state index < -0.39 is 22.4 Å². The molecule has 11 heteroatoms. The maximum Gasteiger partial charge on any atom is 0.416 e. The predicted octanol–water partition coefficient (Wildman–Crippen LogP) is 5.19. The molecule has 0 saturated carbocycles. The van der Waals surface area contributed by atoms with Crippen LogP contribution in [0, 0.1) is 16.0 Å². The van der Waals surface area contributed by atoms with Crippen LogP contribution in [-0.2, 0) is 17.4 Å². The highest BCUT2D eigenvalue weighted by molar-refractivity contribution is 7.18. The third kappa shape index (κ3) is 5.46. The lowest BCUT2D eigenvalue weighted by molar-refractivity contribution is -0.384. The van der Waals surface area contributed by atoms with Crippen molar-refractivity contribution in [3.05, 3.63) is 63.1 Å². The molecular formula is C23H23F3N4O3S. The van der Waals surface area contributed by atoms with Crippen LogP contribution in [0.2, 0.25) is 0 Å². The number of alkyl halides is 3. The maximum atomic E-state index is 12.9. The number of carbonyl (C=O) groups excluding carboxylic acids is 1. The lowest BCUT2D eigenvalue weighted by Gasteiger charge is -2.32. The minimum absolute atomic E-state index is 0.0640. The van der Waals surface area contributed by atoms with Crippen LogP contribution in [-0.4, -0.2) is 35.4 Å². The van der Waals surface area contributed by atoms with Crippen LogP contribution >= 0.6 is 11.3 Å². The zero-order chi connectivity index (χ0) is 24.3. The van der Waals surface area contributed by atoms with E-state index >= 15 is 0 Å². The van der Waals surface area contributed by atoms with Gasteiger partial charge >= 0.3 is 6.18 Å². The molecule has 1 aliphatic rings. The van der Waals surface area contributed by atoms with Crippen molar-refractivity contribution < 1.29 is 22.9 Å². The Balaban J connectivity index is 1.27. The Morgan fingerprint density at radius 1 is 1.21 bits per heavy atom. The Hall–Kier alpha value is -3.21. The van der Waals surface area contributed by atoms with Gasteiger partial charge in [0.25, 0.3) is 5.69 Å². The molecule has 1 amide bonds. The molecule has 1 aromatic heterocycles. The highest BCUT2D eigenvalue weighted by Gasteiger charge is 2.34. The topological polar surface area (TPSA) is 88.4 Å². The van der Waals surface area contributed by atoms with Crippen molar-refractivity contribution in [3.8, 4) is 0 Å². The number of nitro benzene ring substituents is 1. The minimum atomic E-state index is -4.65. The lowest BCUT2D eigenvalue weighted by Crippen LogP contribution is -2.41. The van der Waals surface area contributed by atoms with Gasteiger partial charge in [-0.2, -0.15) is 13.2 Å². The van der Waals surface area contributed by atoms with E-state index in [1.807, 2.05) is 24.3 Å². The number of aromatic nitrogens is 1. The molecule has 1 saturated heterocycles. The fourth-order valence-electron chi connectivity index (χ4n) is 4.12. The molecule has 1 fully saturated rings. The lowest BCUT2D eigenvalue weighted by atomic mass is 9.95. The number of nitrogens with zero attached hydrogens (tertiary/aromatic N) is 3. The summed E-state index contributed by atoms with van der Waals surface area (Å²) in [6.07, 6.45) is -2.16. The number of aryl methyl sites for hydroxylation is 1. The van der Waals surface area contributed by atoms with Crippen LogP contribution < -0.4 is 10.2 Å². The van der Waals surface area contributed by atoms with Gasteiger partial charge in [0, 0.05) is 38.0 Å². The third-order valence-electron chi connectivity index (χ3n) is 5.91. The van der Waals surface area contributed by atoms with E-state index in [0.717, 1.165) is 40.2 Å². The second kappa shape index (κ2) is 9.96. The van der Waals surface area contributed by atoms with Crippen LogP contribution in [0.25, 0.3) is 10.2 Å². The van der Waals surface area contributed by atoms with Crippen molar-refractivity contribution in [2.24, 2.45) is 5.92 Å². The van der Waals surface area contributed by atoms with Crippen molar-refractivity contribution in [2.75, 3.05) is 24.5 Å². The molecule has 7 nitrogen and oxygen atoms in total. The van der Waals surface area contributed by atoms with E-state index in [1.165, 1.54) is 0 Å². The van der Waals surface area contributed by atoms with Gasteiger partial charge in [0.1, 0.15) is 5.69 Å². The summed E-state index contributed by atoms with van der Waals surface area (Å²) in [4.78, 5) is 29.4. The fourth-order valence-corrected chi connectivity index (χ4v) is 5.13. The number of para-hydroxylation sites is 1. The zero-order valence-electron chi connectivity index (χ0n) is 18.2. The number of nitro groups is 1. The molecule has 0 spiro atoms. The number of rotatable bonds is 7. The molecule has 4 rings (SSSR count). The number of benzene rings is 2. The number of halogens is 3. The van der Waals surface area contributed by atoms with E-state index in [4.69, 9.17) is 0 Å². The number of nitrogens with one attached hydrogen (secondary N) is 1. The molecule has 1 N–H and O–H groups in total. The van der Waals surface area contributed by atoms with Crippen molar-refractivity contribution in [2.45, 2.75) is 31.9 Å². The molecule has 0 aliphatic carbocycles. The van der Waals surface area contributed by atoms with Crippen molar-refractivity contribution in [1.82, 2.24) is 10.3 Å². The van der Waals surface area contributed by atoms with Gasteiger partial charge in [-0.1, -0.05) is 12.1 Å². The SMILES string of the molecule is O=C(NCCCc1nc2ccccc2s1)C1CCN(c2ccc(C(F)(F)F)cc2[N+](=O)[O-])CC1. The van der Waals surface area contributed by atoms with Crippen LogP contribution in [0.4, 0.5) is 24.5 Å². The van der Waals surface area contributed by atoms with Crippen LogP contribution in [0.15, 0.2) is 42.5 Å². The molecule has 0 bridgehead atoms. The summed E-state index contributed by atoms with van der Waals surface area (Å²) < 4.78 is 39.9. The molecule has 2 aromatic carbocycles. The van der Waals surface area contributed by atoms with Crippen LogP contribution in [0.3, 0.4) is 0 Å². The average molecular weight is 493 g/mol. The number of hydrogen-bond donors (Lipinski definition) is 1. The smallest absolute Gasteiger partial charge is 0.366 e. The quantitative estimate of drug-likeness (QED) is 0.279. The van der Waals surface area contributed by atoms with Crippen molar-refractivity contribution >= 4 is 38.8 Å². The Bertz CT molecular complexity index is 1160. The monoisotopic (exact) mass is 492 g/mol. The van der Waals surface area contributed by atoms with Gasteiger partial charge < -0.3 is 10.2 Å². The molecule has 2 heterocycles. The van der Waals surface area contributed by atoms with Crippen LogP contribution in [0.5, 0.6) is 0 Å². The molecule has 0 atom stereocenters. The Morgan fingerprint density at radius 2 is 1.94 bits per heavy atom. The first-order valence-corrected chi connectivity index (χ1v) is 11.8. The van der Waals surface area contributed by atoms with Gasteiger partial charge in [0.15, 0.2) is 0 Å². The Kier molecular flexibility index (Phi) is 7.01. The number of thiazole rings is 1. The van der Waals surface area contributed by atoms with Gasteiger partial charge in [-0.3, -0.25) is 14.9 Å². The summed E-state index contributed by atoms with van der Waals surface area (Å²) in [6.45, 7) is 1.24. The largest absolute Gasteiger partial charge is 0.416 e. The standard InChI is InChI=1S/C23H23F3N4O3S/c24-23(25,26)16-7-8-18(19(14-16)30(32)33)29-12-9-15(10-13-29)22(31)27-11-3-6-21-28-17-4-1-2-5-20(17)34-21/h1-2,4-5,7-8,14-15H,3,6,9-13H2,(H,27,31). The summed E-state index contributed by atoms with van der Waals surface area (Å²) in [5.41, 5.74) is -0.505. The van der Waals surface area contributed by atoms with Gasteiger partial charge in [-0.05, 0) is 43.5 Å². The predicted molar refractivity (Wildman–Crippen MR) is 124 cm³/mol. The first kappa shape index (κ1) is 23.9. The number of fused-ring (bicyclic) bond motifs is 1. The highest BCUT2D eigenvalue weighted by Crippen LogP contribution is 2.37. The van der Waals surface area contributed by atoms with Gasteiger partial charge in [0.2, 0.25) is 5.91 Å². The maximum absolute atomic E-state index is 12.9. The summed E-state index contributed by atoms with van der Waals surface area (Å²) in [7, 11) is 0. The van der Waals surface area contributed by atoms with Gasteiger partial charge in [-0.25, -0.2) is 4.98 Å². The molecule has 0 radical (unpaired) electrons. The molecule has 1 aliphatic heterocycles. The van der Waals surface area contributed by atoms with E-state index in [1.54, 1.807) is 16.2 Å². The summed E-state index contributed by atoms with van der Waals surface area (Å²) in [6, 6.07) is 10.5. The van der Waals surface area contributed by atoms with E-state index in [0.29, 0.717) is 38.5 Å². The first-order valence-electron chi connectivity index (χ1n) is 10.9. The van der Waals surface area contributed by atoms with Crippen LogP contribution in [0.1, 0.15) is 29.8 Å². The summed E-state index contributed by atoms with van der Waals surface area (Å²) in [5.74, 6) is -0.293. The summed E-state index contributed by atoms with van der Waals surface area (Å²) >= 11 is 1.65. The van der Waals surface area contributed by atoms with E-state index in [-0.39, 0.29) is 17.5 Å². The number of carbonyl (C=O) groups is 1. The highest BCUT2D eigenvalue weighted by atomic mass is 32.1. The molecule has 3 aromatic rings. The van der Waals surface area contributed by atoms with Crippen molar-refractivity contribution in [1.29, 1.82) is 0 Å². The third-order valence-corrected chi connectivity index (χ3v) is 7.01. The van der Waals surface area contributed by atoms with E-state index in [2.05, 4.69) is 10.3 Å². The molecule has 34 heavy (non-hydrogen) atoms. The zero-order valence-corrected chi connectivity index (χ0v) is 19.0. The molecule has 0 unspecified atom stereocenters. The fraction of sp³-hybridized carbons (Fsp3) is 0.391. The molecule has 180 valence electrons. The van der Waals surface area contributed by atoms with Gasteiger partial charge in [-0.15, -0.1) is 11.3 Å². The van der Waals surface area contributed by atoms with Crippen molar-refractivity contribution in [3.63, 3.8) is 0 Å². The summed E-state index contributed by atoms with van der Waals surface area (Å²) in [5, 5.41) is 15.3. The minimum Gasteiger partial charge on any atom is -0.366 e. The number of piperidine rings is 1. The Labute approximate surface area is 197 Å².